The van der Waals surface area contributed by atoms with Crippen LogP contribution in [0.5, 0.6) is 0 Å². The summed E-state index contributed by atoms with van der Waals surface area (Å²) in [6.45, 7) is 11.2. The fourth-order valence-corrected chi connectivity index (χ4v) is 3.40. The van der Waals surface area contributed by atoms with Gasteiger partial charge in [0.25, 0.3) is 0 Å². The number of nitrogens with one attached hydrogen (secondary N) is 1. The number of imidazole rings is 1. The predicted molar refractivity (Wildman–Crippen MR) is 81.6 cm³/mol. The van der Waals surface area contributed by atoms with Gasteiger partial charge in [0.05, 0.1) is 5.69 Å². The van der Waals surface area contributed by atoms with Crippen LogP contribution in [-0.2, 0) is 0 Å². The van der Waals surface area contributed by atoms with Crippen molar-refractivity contribution < 1.29 is 0 Å². The highest BCUT2D eigenvalue weighted by atomic mass is 15.2. The van der Waals surface area contributed by atoms with Gasteiger partial charge < -0.3 is 9.88 Å². The lowest BCUT2D eigenvalue weighted by molar-refractivity contribution is 0.185. The molecule has 2 atom stereocenters. The maximum Gasteiger partial charge on any atom is 0.203 e. The standard InChI is InChI=1S/C16H29N3/c1-11(2)14-8-6-7-9-15(14)19-10-13(5)18-16(19)17-12(3)4/h10-12,14-15H,6-9H2,1-5H3,(H,17,18). The Bertz CT molecular complexity index is 406. The summed E-state index contributed by atoms with van der Waals surface area (Å²) >= 11 is 0. The fraction of sp³-hybridized carbons (Fsp3) is 0.812. The molecule has 3 heteroatoms. The molecule has 1 aromatic heterocycles. The zero-order valence-corrected chi connectivity index (χ0v) is 13.1. The third kappa shape index (κ3) is 3.31. The summed E-state index contributed by atoms with van der Waals surface area (Å²) in [6.07, 6.45) is 7.63. The molecule has 0 aromatic carbocycles. The van der Waals surface area contributed by atoms with Gasteiger partial charge in [0.1, 0.15) is 0 Å². The lowest BCUT2D eigenvalue weighted by Crippen LogP contribution is -2.28. The molecule has 1 fully saturated rings. The number of nitrogens with zero attached hydrogens (tertiary/aromatic N) is 2. The highest BCUT2D eigenvalue weighted by Gasteiger charge is 2.30. The molecule has 19 heavy (non-hydrogen) atoms. The van der Waals surface area contributed by atoms with E-state index in [1.807, 2.05) is 0 Å². The van der Waals surface area contributed by atoms with Crippen molar-refractivity contribution in [1.82, 2.24) is 9.55 Å². The third-order valence-corrected chi connectivity index (χ3v) is 4.27. The van der Waals surface area contributed by atoms with Gasteiger partial charge in [-0.15, -0.1) is 0 Å². The molecule has 1 aliphatic carbocycles. The van der Waals surface area contributed by atoms with E-state index in [1.165, 1.54) is 25.7 Å². The molecule has 0 aliphatic heterocycles. The van der Waals surface area contributed by atoms with Gasteiger partial charge in [-0.25, -0.2) is 4.98 Å². The van der Waals surface area contributed by atoms with Crippen LogP contribution < -0.4 is 5.32 Å². The van der Waals surface area contributed by atoms with Crippen LogP contribution in [0.3, 0.4) is 0 Å². The monoisotopic (exact) mass is 263 g/mol. The SMILES string of the molecule is Cc1cn(C2CCCCC2C(C)C)c(NC(C)C)n1. The van der Waals surface area contributed by atoms with Crippen LogP contribution in [0, 0.1) is 18.8 Å². The van der Waals surface area contributed by atoms with Gasteiger partial charge in [-0.1, -0.05) is 26.7 Å². The number of hydrogen-bond donors (Lipinski definition) is 1. The van der Waals surface area contributed by atoms with Crippen molar-refractivity contribution in [2.24, 2.45) is 11.8 Å². The lowest BCUT2D eigenvalue weighted by atomic mass is 9.77. The summed E-state index contributed by atoms with van der Waals surface area (Å²) < 4.78 is 2.42. The first-order chi connectivity index (χ1) is 8.99. The van der Waals surface area contributed by atoms with E-state index >= 15 is 0 Å². The summed E-state index contributed by atoms with van der Waals surface area (Å²) in [5, 5.41) is 3.50. The van der Waals surface area contributed by atoms with Crippen molar-refractivity contribution in [3.63, 3.8) is 0 Å². The number of rotatable bonds is 4. The maximum atomic E-state index is 4.67. The van der Waals surface area contributed by atoms with E-state index in [0.717, 1.165) is 23.5 Å². The van der Waals surface area contributed by atoms with E-state index in [1.54, 1.807) is 0 Å². The van der Waals surface area contributed by atoms with E-state index in [4.69, 9.17) is 0 Å². The van der Waals surface area contributed by atoms with Crippen LogP contribution in [0.15, 0.2) is 6.20 Å². The molecule has 1 N–H and O–H groups in total. The molecule has 1 saturated carbocycles. The van der Waals surface area contributed by atoms with Crippen molar-refractivity contribution >= 4 is 5.95 Å². The summed E-state index contributed by atoms with van der Waals surface area (Å²) in [5.41, 5.74) is 1.12. The van der Waals surface area contributed by atoms with Crippen LogP contribution >= 0.6 is 0 Å². The van der Waals surface area contributed by atoms with Crippen LogP contribution in [0.25, 0.3) is 0 Å². The molecule has 1 aromatic rings. The smallest absolute Gasteiger partial charge is 0.203 e. The van der Waals surface area contributed by atoms with E-state index in [0.29, 0.717) is 12.1 Å². The van der Waals surface area contributed by atoms with Crippen molar-refractivity contribution in [2.45, 2.75) is 72.4 Å². The summed E-state index contributed by atoms with van der Waals surface area (Å²) in [5.74, 6) is 2.60. The maximum absolute atomic E-state index is 4.67. The average Bonchev–Trinajstić information content (AvgIpc) is 2.69. The topological polar surface area (TPSA) is 29.9 Å². The third-order valence-electron chi connectivity index (χ3n) is 4.27. The number of aromatic nitrogens is 2. The molecule has 2 unspecified atom stereocenters. The highest BCUT2D eigenvalue weighted by Crippen LogP contribution is 2.39. The largest absolute Gasteiger partial charge is 0.353 e. The Labute approximate surface area is 117 Å². The Morgan fingerprint density at radius 3 is 2.53 bits per heavy atom. The molecule has 2 rings (SSSR count). The van der Waals surface area contributed by atoms with E-state index < -0.39 is 0 Å². The Balaban J connectivity index is 2.27. The first-order valence-electron chi connectivity index (χ1n) is 7.81. The minimum Gasteiger partial charge on any atom is -0.353 e. The molecular weight excluding hydrogens is 234 g/mol. The Kier molecular flexibility index (Phi) is 4.54. The second-order valence-electron chi connectivity index (χ2n) is 6.67. The van der Waals surface area contributed by atoms with Crippen LogP contribution in [-0.4, -0.2) is 15.6 Å². The first-order valence-corrected chi connectivity index (χ1v) is 7.81. The normalized spacial score (nSPS) is 24.2. The Morgan fingerprint density at radius 2 is 1.89 bits per heavy atom. The van der Waals surface area contributed by atoms with Gasteiger partial charge in [-0.3, -0.25) is 0 Å². The molecule has 1 heterocycles. The molecule has 0 radical (unpaired) electrons. The molecule has 0 saturated heterocycles. The number of hydrogen-bond acceptors (Lipinski definition) is 2. The van der Waals surface area contributed by atoms with Crippen LogP contribution in [0.4, 0.5) is 5.95 Å². The van der Waals surface area contributed by atoms with E-state index in [2.05, 4.69) is 55.7 Å². The number of anilines is 1. The molecule has 0 bridgehead atoms. The summed E-state index contributed by atoms with van der Waals surface area (Å²) in [7, 11) is 0. The Morgan fingerprint density at radius 1 is 1.21 bits per heavy atom. The molecular formula is C16H29N3. The quantitative estimate of drug-likeness (QED) is 0.872. The van der Waals surface area contributed by atoms with E-state index in [9.17, 15) is 0 Å². The van der Waals surface area contributed by atoms with Gasteiger partial charge in [0.15, 0.2) is 0 Å². The zero-order valence-electron chi connectivity index (χ0n) is 13.1. The average molecular weight is 263 g/mol. The minimum absolute atomic E-state index is 0.432. The second kappa shape index (κ2) is 5.98. The molecule has 3 nitrogen and oxygen atoms in total. The van der Waals surface area contributed by atoms with Gasteiger partial charge in [-0.05, 0) is 45.4 Å². The van der Waals surface area contributed by atoms with Gasteiger partial charge in [0, 0.05) is 18.3 Å². The predicted octanol–water partition coefficient (Wildman–Crippen LogP) is 4.40. The first kappa shape index (κ1) is 14.4. The van der Waals surface area contributed by atoms with Crippen molar-refractivity contribution in [3.05, 3.63) is 11.9 Å². The highest BCUT2D eigenvalue weighted by molar-refractivity contribution is 5.30. The van der Waals surface area contributed by atoms with Crippen LogP contribution in [0.2, 0.25) is 0 Å². The fourth-order valence-electron chi connectivity index (χ4n) is 3.40. The van der Waals surface area contributed by atoms with Gasteiger partial charge in [-0.2, -0.15) is 0 Å². The second-order valence-corrected chi connectivity index (χ2v) is 6.67. The number of aryl methyl sites for hydroxylation is 1. The van der Waals surface area contributed by atoms with Crippen molar-refractivity contribution in [1.29, 1.82) is 0 Å². The molecule has 0 spiro atoms. The lowest BCUT2D eigenvalue weighted by Gasteiger charge is -2.36. The Hall–Kier alpha value is -0.990. The molecule has 0 amide bonds. The van der Waals surface area contributed by atoms with Crippen molar-refractivity contribution in [2.75, 3.05) is 5.32 Å². The summed E-state index contributed by atoms with van der Waals surface area (Å²) in [4.78, 5) is 4.67. The molecule has 108 valence electrons. The minimum atomic E-state index is 0.432. The molecule has 1 aliphatic rings. The van der Waals surface area contributed by atoms with Gasteiger partial charge >= 0.3 is 0 Å². The van der Waals surface area contributed by atoms with Crippen LogP contribution in [0.1, 0.15) is 65.1 Å². The van der Waals surface area contributed by atoms with Gasteiger partial charge in [0.2, 0.25) is 5.95 Å². The summed E-state index contributed by atoms with van der Waals surface area (Å²) in [6, 6.07) is 1.05. The van der Waals surface area contributed by atoms with E-state index in [-0.39, 0.29) is 0 Å². The zero-order chi connectivity index (χ0) is 14.0. The van der Waals surface area contributed by atoms with Crippen molar-refractivity contribution in [3.8, 4) is 0 Å².